The van der Waals surface area contributed by atoms with Crippen LogP contribution in [0.25, 0.3) is 11.1 Å². The van der Waals surface area contributed by atoms with E-state index in [1.807, 2.05) is 43.3 Å². The summed E-state index contributed by atoms with van der Waals surface area (Å²) in [6.45, 7) is 5.80. The van der Waals surface area contributed by atoms with Crippen LogP contribution in [-0.4, -0.2) is 69.7 Å². The number of nitrogens with zero attached hydrogens (tertiary/aromatic N) is 4. The Morgan fingerprint density at radius 3 is 2.68 bits per heavy atom. The molecule has 178 valence electrons. The highest BCUT2D eigenvalue weighted by Crippen LogP contribution is 2.30. The topological polar surface area (TPSA) is 78.8 Å². The van der Waals surface area contributed by atoms with Gasteiger partial charge < -0.3 is 14.7 Å². The molecule has 7 nitrogen and oxygen atoms in total. The monoisotopic (exact) mass is 460 g/mol. The number of fused-ring (bicyclic) bond motifs is 1. The molecular formula is C27H32N4O3. The van der Waals surface area contributed by atoms with Crippen LogP contribution in [0.15, 0.2) is 67.1 Å². The van der Waals surface area contributed by atoms with E-state index in [2.05, 4.69) is 41.0 Å². The maximum Gasteiger partial charge on any atom is 0.259 e. The van der Waals surface area contributed by atoms with Gasteiger partial charge in [0.15, 0.2) is 0 Å². The van der Waals surface area contributed by atoms with Gasteiger partial charge in [0.1, 0.15) is 11.7 Å². The van der Waals surface area contributed by atoms with Gasteiger partial charge in [-0.1, -0.05) is 43.3 Å². The van der Waals surface area contributed by atoms with Crippen molar-refractivity contribution in [2.24, 2.45) is 5.92 Å². The number of benzene rings is 1. The third-order valence-electron chi connectivity index (χ3n) is 6.30. The molecule has 34 heavy (non-hydrogen) atoms. The lowest BCUT2D eigenvalue weighted by Gasteiger charge is -2.37. The molecule has 0 bridgehead atoms. The van der Waals surface area contributed by atoms with E-state index in [-0.39, 0.29) is 30.6 Å². The van der Waals surface area contributed by atoms with E-state index in [9.17, 15) is 9.90 Å². The van der Waals surface area contributed by atoms with E-state index in [0.717, 1.165) is 17.7 Å². The first-order chi connectivity index (χ1) is 16.5. The summed E-state index contributed by atoms with van der Waals surface area (Å²) in [7, 11) is 2.07. The van der Waals surface area contributed by atoms with Crippen molar-refractivity contribution < 1.29 is 14.6 Å². The number of ether oxygens (including phenoxy) is 1. The van der Waals surface area contributed by atoms with Crippen LogP contribution in [0, 0.1) is 5.92 Å². The van der Waals surface area contributed by atoms with Gasteiger partial charge in [-0.3, -0.25) is 14.7 Å². The van der Waals surface area contributed by atoms with Gasteiger partial charge in [0.05, 0.1) is 12.6 Å². The summed E-state index contributed by atoms with van der Waals surface area (Å²) in [5.74, 6) is 0.194. The fourth-order valence-corrected chi connectivity index (χ4v) is 4.28. The number of hydrogen-bond acceptors (Lipinski definition) is 6. The minimum absolute atomic E-state index is 0.0455. The summed E-state index contributed by atoms with van der Waals surface area (Å²) in [5, 5.41) is 9.85. The number of rotatable bonds is 7. The predicted molar refractivity (Wildman–Crippen MR) is 131 cm³/mol. The Bertz CT molecular complexity index is 1090. The van der Waals surface area contributed by atoms with Gasteiger partial charge in [0.2, 0.25) is 5.88 Å². The standard InChI is InChI=1S/C27H32N4O3/c1-19-15-31(20(2)18-32)27(33)24-12-23(22-10-7-11-28-13-22)14-29-26(24)34-25(19)17-30(3)16-21-8-5-4-6-9-21/h4-14,19-20,25,32H,15-18H2,1-3H3/t19-,20-,25+/m0/s1. The lowest BCUT2D eigenvalue weighted by molar-refractivity contribution is 0.0325. The second kappa shape index (κ2) is 10.8. The van der Waals surface area contributed by atoms with E-state index in [1.54, 1.807) is 23.5 Å². The van der Waals surface area contributed by atoms with Crippen molar-refractivity contribution in [2.75, 3.05) is 26.7 Å². The second-order valence-electron chi connectivity index (χ2n) is 9.12. The molecule has 0 saturated carbocycles. The molecule has 0 radical (unpaired) electrons. The van der Waals surface area contributed by atoms with Gasteiger partial charge in [-0.2, -0.15) is 0 Å². The Kier molecular flexibility index (Phi) is 7.55. The average molecular weight is 461 g/mol. The van der Waals surface area contributed by atoms with E-state index in [0.29, 0.717) is 24.5 Å². The summed E-state index contributed by atoms with van der Waals surface area (Å²) in [5.41, 5.74) is 3.31. The van der Waals surface area contributed by atoms with Crippen molar-refractivity contribution in [3.8, 4) is 17.0 Å². The van der Waals surface area contributed by atoms with Crippen LogP contribution in [0.5, 0.6) is 5.88 Å². The van der Waals surface area contributed by atoms with E-state index in [1.165, 1.54) is 5.56 Å². The highest BCUT2D eigenvalue weighted by Gasteiger charge is 2.34. The third kappa shape index (κ3) is 5.43. The van der Waals surface area contributed by atoms with Crippen LogP contribution < -0.4 is 4.74 Å². The average Bonchev–Trinajstić information content (AvgIpc) is 2.86. The van der Waals surface area contributed by atoms with Crippen molar-refractivity contribution in [3.63, 3.8) is 0 Å². The largest absolute Gasteiger partial charge is 0.472 e. The first-order valence-electron chi connectivity index (χ1n) is 11.7. The number of aliphatic hydroxyl groups excluding tert-OH is 1. The Morgan fingerprint density at radius 2 is 1.97 bits per heavy atom. The maximum absolute atomic E-state index is 13.6. The number of hydrogen-bond donors (Lipinski definition) is 1. The SMILES string of the molecule is C[C@H]1CN([C@@H](C)CO)C(=O)c2cc(-c3cccnc3)cnc2O[C@@H]1CN(C)Cc1ccccc1. The summed E-state index contributed by atoms with van der Waals surface area (Å²) < 4.78 is 6.40. The smallest absolute Gasteiger partial charge is 0.259 e. The third-order valence-corrected chi connectivity index (χ3v) is 6.30. The van der Waals surface area contributed by atoms with Gasteiger partial charge in [-0.15, -0.1) is 0 Å². The van der Waals surface area contributed by atoms with E-state index >= 15 is 0 Å². The molecule has 3 heterocycles. The zero-order valence-corrected chi connectivity index (χ0v) is 20.0. The zero-order valence-electron chi connectivity index (χ0n) is 20.0. The number of likely N-dealkylation sites (N-methyl/N-ethyl adjacent to an activating group) is 1. The van der Waals surface area contributed by atoms with Crippen LogP contribution in [0.2, 0.25) is 0 Å². The Morgan fingerprint density at radius 1 is 1.18 bits per heavy atom. The van der Waals surface area contributed by atoms with Gasteiger partial charge in [0.25, 0.3) is 5.91 Å². The lowest BCUT2D eigenvalue weighted by Crippen LogP contribution is -2.49. The maximum atomic E-state index is 13.6. The molecule has 0 saturated heterocycles. The minimum atomic E-state index is -0.314. The molecule has 1 aromatic carbocycles. The van der Waals surface area contributed by atoms with Gasteiger partial charge in [0, 0.05) is 55.3 Å². The molecule has 3 aromatic rings. The summed E-state index contributed by atoms with van der Waals surface area (Å²) >= 11 is 0. The van der Waals surface area contributed by atoms with Crippen molar-refractivity contribution >= 4 is 5.91 Å². The molecule has 4 rings (SSSR count). The zero-order chi connectivity index (χ0) is 24.1. The van der Waals surface area contributed by atoms with Crippen molar-refractivity contribution in [2.45, 2.75) is 32.5 Å². The quantitative estimate of drug-likeness (QED) is 0.582. The minimum Gasteiger partial charge on any atom is -0.472 e. The number of aromatic nitrogens is 2. The van der Waals surface area contributed by atoms with Crippen LogP contribution in [-0.2, 0) is 6.54 Å². The number of amides is 1. The Balaban J connectivity index is 1.65. The summed E-state index contributed by atoms with van der Waals surface area (Å²) in [4.78, 5) is 26.3. The van der Waals surface area contributed by atoms with Crippen LogP contribution in [0.3, 0.4) is 0 Å². The van der Waals surface area contributed by atoms with E-state index in [4.69, 9.17) is 4.74 Å². The van der Waals surface area contributed by atoms with Crippen LogP contribution in [0.1, 0.15) is 29.8 Å². The normalized spacial score (nSPS) is 19.2. The molecule has 7 heteroatoms. The fourth-order valence-electron chi connectivity index (χ4n) is 4.28. The van der Waals surface area contributed by atoms with Crippen molar-refractivity contribution in [1.82, 2.24) is 19.8 Å². The second-order valence-corrected chi connectivity index (χ2v) is 9.12. The Hall–Kier alpha value is -3.29. The van der Waals surface area contributed by atoms with Gasteiger partial charge in [-0.25, -0.2) is 4.98 Å². The molecule has 0 unspecified atom stereocenters. The summed E-state index contributed by atoms with van der Waals surface area (Å²) in [6.07, 6.45) is 5.00. The molecule has 1 N–H and O–H groups in total. The highest BCUT2D eigenvalue weighted by molar-refractivity contribution is 5.98. The lowest BCUT2D eigenvalue weighted by atomic mass is 9.99. The number of carbonyl (C=O) groups excluding carboxylic acids is 1. The molecule has 0 spiro atoms. The molecule has 0 aliphatic carbocycles. The first kappa shape index (κ1) is 23.9. The van der Waals surface area contributed by atoms with Crippen LogP contribution in [0.4, 0.5) is 0 Å². The van der Waals surface area contributed by atoms with Gasteiger partial charge in [-0.05, 0) is 31.7 Å². The number of aliphatic hydroxyl groups is 1. The van der Waals surface area contributed by atoms with Gasteiger partial charge >= 0.3 is 0 Å². The number of carbonyl (C=O) groups is 1. The Labute approximate surface area is 201 Å². The van der Waals surface area contributed by atoms with E-state index < -0.39 is 0 Å². The molecule has 2 aromatic heterocycles. The highest BCUT2D eigenvalue weighted by atomic mass is 16.5. The fraction of sp³-hybridized carbons (Fsp3) is 0.370. The van der Waals surface area contributed by atoms with Crippen molar-refractivity contribution in [3.05, 3.63) is 78.2 Å². The van der Waals surface area contributed by atoms with Crippen LogP contribution >= 0.6 is 0 Å². The first-order valence-corrected chi connectivity index (χ1v) is 11.7. The molecule has 0 fully saturated rings. The molecule has 1 amide bonds. The predicted octanol–water partition coefficient (Wildman–Crippen LogP) is 3.50. The molecule has 1 aliphatic heterocycles. The molecule has 1 aliphatic rings. The number of pyridine rings is 2. The molecular weight excluding hydrogens is 428 g/mol. The summed E-state index contributed by atoms with van der Waals surface area (Å²) in [6, 6.07) is 15.6. The van der Waals surface area contributed by atoms with Crippen molar-refractivity contribution in [1.29, 1.82) is 0 Å². The molecule has 3 atom stereocenters.